The first-order valence-corrected chi connectivity index (χ1v) is 12.1. The maximum absolute atomic E-state index is 13.4. The number of aryl methyl sites for hydroxylation is 3. The third kappa shape index (κ3) is 4.85. The van der Waals surface area contributed by atoms with Gasteiger partial charge in [-0.2, -0.15) is 0 Å². The molecule has 0 aliphatic heterocycles. The molecule has 0 bridgehead atoms. The van der Waals surface area contributed by atoms with Crippen LogP contribution in [0.2, 0.25) is 0 Å². The number of aromatic nitrogens is 3. The molecule has 0 unspecified atom stereocenters. The normalized spacial score (nSPS) is 11.0. The number of benzene rings is 1. The van der Waals surface area contributed by atoms with Crippen LogP contribution in [0.1, 0.15) is 21.7 Å². The third-order valence-corrected chi connectivity index (χ3v) is 7.40. The zero-order valence-electron chi connectivity index (χ0n) is 18.7. The number of thioether (sulfide) groups is 1. The summed E-state index contributed by atoms with van der Waals surface area (Å²) in [5.41, 5.74) is 2.22. The van der Waals surface area contributed by atoms with Crippen molar-refractivity contribution < 1.29 is 9.72 Å². The van der Waals surface area contributed by atoms with Crippen molar-refractivity contribution in [2.45, 2.75) is 32.5 Å². The largest absolute Gasteiger partial charge is 0.325 e. The van der Waals surface area contributed by atoms with Crippen LogP contribution in [0.25, 0.3) is 10.2 Å². The number of anilines is 1. The summed E-state index contributed by atoms with van der Waals surface area (Å²) in [5, 5.41) is 14.8. The highest BCUT2D eigenvalue weighted by Gasteiger charge is 2.19. The minimum absolute atomic E-state index is 0.0226. The summed E-state index contributed by atoms with van der Waals surface area (Å²) in [4.78, 5) is 47.3. The lowest BCUT2D eigenvalue weighted by Crippen LogP contribution is -2.25. The van der Waals surface area contributed by atoms with E-state index in [4.69, 9.17) is 0 Å². The quantitative estimate of drug-likeness (QED) is 0.174. The Morgan fingerprint density at radius 1 is 1.24 bits per heavy atom. The smallest absolute Gasteiger partial charge is 0.274 e. The predicted molar refractivity (Wildman–Crippen MR) is 134 cm³/mol. The Hall–Kier alpha value is -3.57. The number of nitro groups is 1. The molecule has 0 fully saturated rings. The van der Waals surface area contributed by atoms with Gasteiger partial charge in [0.05, 0.1) is 28.3 Å². The molecule has 0 saturated carbocycles. The molecule has 34 heavy (non-hydrogen) atoms. The van der Waals surface area contributed by atoms with Crippen molar-refractivity contribution in [2.24, 2.45) is 0 Å². The first-order valence-electron chi connectivity index (χ1n) is 10.3. The van der Waals surface area contributed by atoms with Gasteiger partial charge in [0.2, 0.25) is 5.91 Å². The van der Waals surface area contributed by atoms with E-state index in [2.05, 4.69) is 15.3 Å². The molecular formula is C23H21N5O4S2. The van der Waals surface area contributed by atoms with E-state index in [1.807, 2.05) is 26.0 Å². The number of nitrogens with zero attached hydrogens (tertiary/aromatic N) is 4. The van der Waals surface area contributed by atoms with Crippen LogP contribution >= 0.6 is 23.1 Å². The van der Waals surface area contributed by atoms with Gasteiger partial charge in [0.1, 0.15) is 4.83 Å². The molecule has 0 saturated heterocycles. The summed E-state index contributed by atoms with van der Waals surface area (Å²) in [7, 11) is 0. The van der Waals surface area contributed by atoms with E-state index in [1.54, 1.807) is 35.9 Å². The number of thiophene rings is 1. The van der Waals surface area contributed by atoms with Crippen LogP contribution in [0.5, 0.6) is 0 Å². The lowest BCUT2D eigenvalue weighted by molar-refractivity contribution is -0.385. The SMILES string of the molecule is Cc1ccc(NC(=O)CSc2nc3sc(C)c(C)c3c(=O)n2Cc2ccccn2)cc1[N+](=O)[O-]. The second-order valence-corrected chi connectivity index (χ2v) is 9.81. The van der Waals surface area contributed by atoms with Gasteiger partial charge < -0.3 is 5.32 Å². The molecule has 0 atom stereocenters. The Morgan fingerprint density at radius 3 is 2.74 bits per heavy atom. The van der Waals surface area contributed by atoms with Crippen LogP contribution in [-0.4, -0.2) is 31.1 Å². The number of fused-ring (bicyclic) bond motifs is 1. The summed E-state index contributed by atoms with van der Waals surface area (Å²) < 4.78 is 1.54. The van der Waals surface area contributed by atoms with Crippen molar-refractivity contribution in [2.75, 3.05) is 11.1 Å². The van der Waals surface area contributed by atoms with Crippen molar-refractivity contribution in [3.8, 4) is 0 Å². The zero-order chi connectivity index (χ0) is 24.4. The molecular weight excluding hydrogens is 474 g/mol. The van der Waals surface area contributed by atoms with Crippen molar-refractivity contribution in [1.82, 2.24) is 14.5 Å². The van der Waals surface area contributed by atoms with Gasteiger partial charge in [0, 0.05) is 28.4 Å². The fourth-order valence-electron chi connectivity index (χ4n) is 3.42. The van der Waals surface area contributed by atoms with Gasteiger partial charge in [0.15, 0.2) is 5.16 Å². The minimum Gasteiger partial charge on any atom is -0.325 e. The summed E-state index contributed by atoms with van der Waals surface area (Å²) in [6, 6.07) is 10.0. The van der Waals surface area contributed by atoms with Gasteiger partial charge >= 0.3 is 0 Å². The summed E-state index contributed by atoms with van der Waals surface area (Å²) in [6.45, 7) is 5.72. The highest BCUT2D eigenvalue weighted by molar-refractivity contribution is 7.99. The van der Waals surface area contributed by atoms with E-state index in [9.17, 15) is 19.7 Å². The number of rotatable bonds is 7. The van der Waals surface area contributed by atoms with Gasteiger partial charge in [-0.05, 0) is 44.5 Å². The topological polar surface area (TPSA) is 120 Å². The molecule has 1 aromatic carbocycles. The number of carbonyl (C=O) groups excluding carboxylic acids is 1. The number of carbonyl (C=O) groups is 1. The fourth-order valence-corrected chi connectivity index (χ4v) is 5.29. The molecule has 0 aliphatic carbocycles. The first-order chi connectivity index (χ1) is 16.2. The number of amides is 1. The van der Waals surface area contributed by atoms with Gasteiger partial charge in [-0.3, -0.25) is 29.3 Å². The van der Waals surface area contributed by atoms with E-state index in [1.165, 1.54) is 17.4 Å². The van der Waals surface area contributed by atoms with Gasteiger partial charge in [-0.15, -0.1) is 11.3 Å². The lowest BCUT2D eigenvalue weighted by atomic mass is 10.2. The summed E-state index contributed by atoms with van der Waals surface area (Å²) in [5.74, 6) is -0.383. The Morgan fingerprint density at radius 2 is 2.03 bits per heavy atom. The Balaban J connectivity index is 1.61. The lowest BCUT2D eigenvalue weighted by Gasteiger charge is -2.12. The maximum Gasteiger partial charge on any atom is 0.274 e. The Kier molecular flexibility index (Phi) is 6.75. The number of hydrogen-bond donors (Lipinski definition) is 1. The van der Waals surface area contributed by atoms with Gasteiger partial charge in [-0.1, -0.05) is 23.9 Å². The van der Waals surface area contributed by atoms with E-state index >= 15 is 0 Å². The highest BCUT2D eigenvalue weighted by Crippen LogP contribution is 2.29. The first kappa shape index (κ1) is 23.6. The predicted octanol–water partition coefficient (Wildman–Crippen LogP) is 4.47. The van der Waals surface area contributed by atoms with E-state index in [-0.39, 0.29) is 29.5 Å². The number of nitro benzene ring substituents is 1. The second kappa shape index (κ2) is 9.74. The van der Waals surface area contributed by atoms with Crippen molar-refractivity contribution in [1.29, 1.82) is 0 Å². The van der Waals surface area contributed by atoms with Crippen molar-refractivity contribution in [3.63, 3.8) is 0 Å². The van der Waals surface area contributed by atoms with Crippen LogP contribution < -0.4 is 10.9 Å². The Labute approximate surface area is 203 Å². The van der Waals surface area contributed by atoms with E-state index < -0.39 is 4.92 Å². The van der Waals surface area contributed by atoms with Crippen molar-refractivity contribution in [3.05, 3.63) is 84.8 Å². The molecule has 0 radical (unpaired) electrons. The molecule has 4 aromatic rings. The number of hydrogen-bond acceptors (Lipinski definition) is 8. The van der Waals surface area contributed by atoms with Crippen LogP contribution in [0.3, 0.4) is 0 Å². The fraction of sp³-hybridized carbons (Fsp3) is 0.217. The summed E-state index contributed by atoms with van der Waals surface area (Å²) in [6.07, 6.45) is 1.66. The molecule has 3 aromatic heterocycles. The van der Waals surface area contributed by atoms with Crippen LogP contribution in [0, 0.1) is 30.9 Å². The van der Waals surface area contributed by atoms with Crippen LogP contribution in [-0.2, 0) is 11.3 Å². The molecule has 4 rings (SSSR count). The standard InChI is InChI=1S/C23H21N5O4S2/c1-13-7-8-16(10-18(13)28(31)32)25-19(29)12-33-23-26-21-20(14(2)15(3)34-21)22(30)27(23)11-17-6-4-5-9-24-17/h4-10H,11-12H2,1-3H3,(H,25,29). The van der Waals surface area contributed by atoms with Gasteiger partial charge in [-0.25, -0.2) is 4.98 Å². The number of pyridine rings is 1. The van der Waals surface area contributed by atoms with Crippen LogP contribution in [0.15, 0.2) is 52.5 Å². The monoisotopic (exact) mass is 495 g/mol. The third-order valence-electron chi connectivity index (χ3n) is 5.32. The molecule has 1 N–H and O–H groups in total. The average molecular weight is 496 g/mol. The number of nitrogens with one attached hydrogen (secondary N) is 1. The molecule has 1 amide bonds. The van der Waals surface area contributed by atoms with Crippen LogP contribution in [0.4, 0.5) is 11.4 Å². The van der Waals surface area contributed by atoms with Crippen molar-refractivity contribution >= 4 is 50.6 Å². The van der Waals surface area contributed by atoms with Gasteiger partial charge in [0.25, 0.3) is 11.2 Å². The molecule has 0 spiro atoms. The highest BCUT2D eigenvalue weighted by atomic mass is 32.2. The minimum atomic E-state index is -0.486. The molecule has 9 nitrogen and oxygen atoms in total. The zero-order valence-corrected chi connectivity index (χ0v) is 20.3. The average Bonchev–Trinajstić information content (AvgIpc) is 3.09. The molecule has 174 valence electrons. The maximum atomic E-state index is 13.4. The molecule has 3 heterocycles. The summed E-state index contributed by atoms with van der Waals surface area (Å²) >= 11 is 2.58. The molecule has 0 aliphatic rings. The molecule has 11 heteroatoms. The van der Waals surface area contributed by atoms with E-state index in [0.29, 0.717) is 32.3 Å². The van der Waals surface area contributed by atoms with E-state index in [0.717, 1.165) is 22.2 Å². The second-order valence-electron chi connectivity index (χ2n) is 7.67. The Bertz CT molecular complexity index is 1460.